The molecular formula is C15H10O4S. The lowest BCUT2D eigenvalue weighted by Crippen LogP contribution is -2.16. The summed E-state index contributed by atoms with van der Waals surface area (Å²) in [6.07, 6.45) is 1.13. The maximum atomic E-state index is 12.6. The highest BCUT2D eigenvalue weighted by molar-refractivity contribution is 8.00. The van der Waals surface area contributed by atoms with Crippen LogP contribution in [0.3, 0.4) is 0 Å². The molecule has 1 N–H and O–H groups in total. The molecule has 4 nitrogen and oxygen atoms in total. The first kappa shape index (κ1) is 12.6. The highest BCUT2D eigenvalue weighted by Gasteiger charge is 2.32. The number of hydrogen-bond acceptors (Lipinski definition) is 4. The van der Waals surface area contributed by atoms with Crippen molar-refractivity contribution in [1.82, 2.24) is 0 Å². The number of sulfone groups is 1. The van der Waals surface area contributed by atoms with Crippen LogP contribution in [0.4, 0.5) is 0 Å². The van der Waals surface area contributed by atoms with E-state index in [1.165, 1.54) is 12.1 Å². The van der Waals surface area contributed by atoms with Crippen molar-refractivity contribution < 1.29 is 18.3 Å². The fraction of sp³-hybridized carbons (Fsp3) is 0. The summed E-state index contributed by atoms with van der Waals surface area (Å²) in [7, 11) is -3.81. The molecule has 0 unspecified atom stereocenters. The van der Waals surface area contributed by atoms with Crippen molar-refractivity contribution in [2.75, 3.05) is 0 Å². The summed E-state index contributed by atoms with van der Waals surface area (Å²) in [4.78, 5) is 11.9. The molecule has 20 heavy (non-hydrogen) atoms. The molecule has 0 amide bonds. The number of hydrogen-bond donors (Lipinski definition) is 1. The van der Waals surface area contributed by atoms with Gasteiger partial charge in [-0.2, -0.15) is 0 Å². The molecule has 0 radical (unpaired) electrons. The molecule has 0 saturated heterocycles. The Morgan fingerprint density at radius 2 is 1.65 bits per heavy atom. The fourth-order valence-corrected chi connectivity index (χ4v) is 3.85. The monoisotopic (exact) mass is 286 g/mol. The first-order valence-corrected chi connectivity index (χ1v) is 7.38. The average molecular weight is 286 g/mol. The van der Waals surface area contributed by atoms with E-state index in [0.29, 0.717) is 5.56 Å². The lowest BCUT2D eigenvalue weighted by atomic mass is 10.1. The zero-order valence-electron chi connectivity index (χ0n) is 10.3. The van der Waals surface area contributed by atoms with Gasteiger partial charge in [0.25, 0.3) is 0 Å². The third-order valence-corrected chi connectivity index (χ3v) is 4.98. The standard InChI is InChI=1S/C15H10O4S/c16-11-6-7-12-13(17)9-14(10-4-2-1-3-5-10)20(18,19)15(12)8-11/h1-9,16H. The van der Waals surface area contributed by atoms with Crippen molar-refractivity contribution in [2.24, 2.45) is 0 Å². The topological polar surface area (TPSA) is 71.4 Å². The Kier molecular flexibility index (Phi) is 2.72. The summed E-state index contributed by atoms with van der Waals surface area (Å²) < 4.78 is 25.1. The van der Waals surface area contributed by atoms with Crippen LogP contribution in [-0.2, 0) is 9.84 Å². The lowest BCUT2D eigenvalue weighted by molar-refractivity contribution is 0.104. The predicted molar refractivity (Wildman–Crippen MR) is 74.0 cm³/mol. The largest absolute Gasteiger partial charge is 0.508 e. The minimum Gasteiger partial charge on any atom is -0.508 e. The molecule has 100 valence electrons. The molecule has 3 rings (SSSR count). The van der Waals surface area contributed by atoms with Crippen LogP contribution in [0, 0.1) is 0 Å². The van der Waals surface area contributed by atoms with Gasteiger partial charge in [-0.3, -0.25) is 4.79 Å². The smallest absolute Gasteiger partial charge is 0.208 e. The van der Waals surface area contributed by atoms with Crippen LogP contribution >= 0.6 is 0 Å². The van der Waals surface area contributed by atoms with Gasteiger partial charge in [-0.05, 0) is 23.8 Å². The maximum absolute atomic E-state index is 12.6. The fourth-order valence-electron chi connectivity index (χ4n) is 2.17. The number of benzene rings is 2. The second-order valence-corrected chi connectivity index (χ2v) is 6.31. The van der Waals surface area contributed by atoms with E-state index in [1.54, 1.807) is 30.3 Å². The van der Waals surface area contributed by atoms with Crippen LogP contribution in [0.5, 0.6) is 5.75 Å². The number of ketones is 1. The predicted octanol–water partition coefficient (Wildman–Crippen LogP) is 2.40. The molecule has 0 bridgehead atoms. The molecule has 0 aliphatic carbocycles. The second-order valence-electron chi connectivity index (χ2n) is 4.42. The van der Waals surface area contributed by atoms with E-state index in [4.69, 9.17) is 0 Å². The van der Waals surface area contributed by atoms with Gasteiger partial charge in [-0.15, -0.1) is 0 Å². The number of carbonyl (C=O) groups is 1. The Morgan fingerprint density at radius 3 is 2.35 bits per heavy atom. The first-order chi connectivity index (χ1) is 9.50. The molecule has 1 heterocycles. The molecule has 0 spiro atoms. The highest BCUT2D eigenvalue weighted by Crippen LogP contribution is 2.36. The quantitative estimate of drug-likeness (QED) is 0.873. The highest BCUT2D eigenvalue weighted by atomic mass is 32.2. The number of phenols is 1. The molecule has 0 saturated carbocycles. The Labute approximate surface area is 115 Å². The summed E-state index contributed by atoms with van der Waals surface area (Å²) in [5.41, 5.74) is 0.539. The van der Waals surface area contributed by atoms with Gasteiger partial charge in [0.2, 0.25) is 9.84 Å². The summed E-state index contributed by atoms with van der Waals surface area (Å²) >= 11 is 0. The number of allylic oxidation sites excluding steroid dienone is 1. The van der Waals surface area contributed by atoms with Crippen molar-refractivity contribution in [1.29, 1.82) is 0 Å². The number of rotatable bonds is 1. The van der Waals surface area contributed by atoms with Crippen molar-refractivity contribution in [3.63, 3.8) is 0 Å². The molecule has 0 fully saturated rings. The van der Waals surface area contributed by atoms with Gasteiger partial charge in [-0.25, -0.2) is 8.42 Å². The summed E-state index contributed by atoms with van der Waals surface area (Å²) in [6.45, 7) is 0. The Hall–Kier alpha value is -2.40. The zero-order chi connectivity index (χ0) is 14.3. The molecule has 5 heteroatoms. The summed E-state index contributed by atoms with van der Waals surface area (Å²) in [5, 5.41) is 9.47. The first-order valence-electron chi connectivity index (χ1n) is 5.90. The van der Waals surface area contributed by atoms with Crippen molar-refractivity contribution in [3.05, 3.63) is 65.7 Å². The van der Waals surface area contributed by atoms with E-state index in [2.05, 4.69) is 0 Å². The van der Waals surface area contributed by atoms with Gasteiger partial charge in [0.1, 0.15) is 5.75 Å². The number of fused-ring (bicyclic) bond motifs is 1. The third kappa shape index (κ3) is 1.83. The Morgan fingerprint density at radius 1 is 0.950 bits per heavy atom. The van der Waals surface area contributed by atoms with Crippen LogP contribution in [0.25, 0.3) is 4.91 Å². The summed E-state index contributed by atoms with van der Waals surface area (Å²) in [6, 6.07) is 12.2. The normalized spacial score (nSPS) is 16.4. The molecular weight excluding hydrogens is 276 g/mol. The van der Waals surface area contributed by atoms with E-state index < -0.39 is 9.84 Å². The summed E-state index contributed by atoms with van der Waals surface area (Å²) in [5.74, 6) is -0.567. The van der Waals surface area contributed by atoms with Gasteiger partial charge in [0.15, 0.2) is 5.78 Å². The van der Waals surface area contributed by atoms with E-state index in [1.807, 2.05) is 0 Å². The molecule has 0 aromatic heterocycles. The molecule has 0 atom stereocenters. The SMILES string of the molecule is O=C1C=C(c2ccccc2)S(=O)(=O)c2cc(O)ccc21. The molecule has 2 aromatic rings. The average Bonchev–Trinajstić information content (AvgIpc) is 2.44. The molecule has 2 aromatic carbocycles. The van der Waals surface area contributed by atoms with E-state index in [0.717, 1.165) is 12.1 Å². The Balaban J connectivity index is 2.29. The van der Waals surface area contributed by atoms with Crippen LogP contribution in [0.15, 0.2) is 59.5 Å². The van der Waals surface area contributed by atoms with Gasteiger partial charge in [0.05, 0.1) is 9.80 Å². The van der Waals surface area contributed by atoms with E-state index >= 15 is 0 Å². The van der Waals surface area contributed by atoms with Crippen LogP contribution < -0.4 is 0 Å². The zero-order valence-corrected chi connectivity index (χ0v) is 11.1. The van der Waals surface area contributed by atoms with Crippen molar-refractivity contribution in [2.45, 2.75) is 4.90 Å². The van der Waals surface area contributed by atoms with Crippen LogP contribution in [0.2, 0.25) is 0 Å². The lowest BCUT2D eigenvalue weighted by Gasteiger charge is -2.17. The van der Waals surface area contributed by atoms with Gasteiger partial charge in [0, 0.05) is 11.6 Å². The minimum absolute atomic E-state index is 0.0406. The third-order valence-electron chi connectivity index (χ3n) is 3.13. The second kappa shape index (κ2) is 4.31. The number of phenolic OH excluding ortho intramolecular Hbond substituents is 1. The number of carbonyl (C=O) groups excluding carboxylic acids is 1. The van der Waals surface area contributed by atoms with Crippen LogP contribution in [0.1, 0.15) is 15.9 Å². The minimum atomic E-state index is -3.81. The van der Waals surface area contributed by atoms with Crippen molar-refractivity contribution in [3.8, 4) is 5.75 Å². The molecule has 1 aliphatic rings. The van der Waals surface area contributed by atoms with Gasteiger partial charge < -0.3 is 5.11 Å². The van der Waals surface area contributed by atoms with E-state index in [-0.39, 0.29) is 26.9 Å². The Bertz CT molecular complexity index is 833. The van der Waals surface area contributed by atoms with Gasteiger partial charge in [-0.1, -0.05) is 30.3 Å². The molecule has 1 aliphatic heterocycles. The maximum Gasteiger partial charge on any atom is 0.208 e. The van der Waals surface area contributed by atoms with E-state index in [9.17, 15) is 18.3 Å². The van der Waals surface area contributed by atoms with Crippen LogP contribution in [-0.4, -0.2) is 19.3 Å². The van der Waals surface area contributed by atoms with Gasteiger partial charge >= 0.3 is 0 Å². The number of aromatic hydroxyl groups is 1. The van der Waals surface area contributed by atoms with Crippen molar-refractivity contribution >= 4 is 20.5 Å².